The summed E-state index contributed by atoms with van der Waals surface area (Å²) in [5.74, 6) is -0.334. The number of hydrogen-bond acceptors (Lipinski definition) is 8. The Morgan fingerprint density at radius 2 is 1.83 bits per heavy atom. The molecule has 1 saturated heterocycles. The fourth-order valence-electron chi connectivity index (χ4n) is 3.07. The number of rotatable bonds is 5. The SMILES string of the molecule is COC(=O)c1ccc(Oc2coc3cc(OC(=O)C4CCCO4)ccc3c2=O)cc1. The highest BCUT2D eigenvalue weighted by Gasteiger charge is 2.25. The van der Waals surface area contributed by atoms with Crippen molar-refractivity contribution in [2.75, 3.05) is 13.7 Å². The molecule has 1 aromatic heterocycles. The Hall–Kier alpha value is -3.65. The summed E-state index contributed by atoms with van der Waals surface area (Å²) in [7, 11) is 1.29. The van der Waals surface area contributed by atoms with Gasteiger partial charge in [-0.15, -0.1) is 0 Å². The molecule has 0 aliphatic carbocycles. The van der Waals surface area contributed by atoms with Gasteiger partial charge in [-0.25, -0.2) is 9.59 Å². The third kappa shape index (κ3) is 4.04. The quantitative estimate of drug-likeness (QED) is 0.466. The van der Waals surface area contributed by atoms with Crippen molar-refractivity contribution in [3.63, 3.8) is 0 Å². The molecule has 8 nitrogen and oxygen atoms in total. The van der Waals surface area contributed by atoms with Crippen LogP contribution in [0.4, 0.5) is 0 Å². The summed E-state index contributed by atoms with van der Waals surface area (Å²) < 4.78 is 26.3. The molecule has 1 aliphatic rings. The largest absolute Gasteiger partial charge is 0.465 e. The Morgan fingerprint density at radius 1 is 1.07 bits per heavy atom. The second-order valence-electron chi connectivity index (χ2n) is 6.63. The van der Waals surface area contributed by atoms with Gasteiger partial charge in [0.1, 0.15) is 23.3 Å². The smallest absolute Gasteiger partial charge is 0.340 e. The molecule has 1 fully saturated rings. The molecule has 1 unspecified atom stereocenters. The highest BCUT2D eigenvalue weighted by molar-refractivity contribution is 5.89. The lowest BCUT2D eigenvalue weighted by Crippen LogP contribution is -2.24. The molecule has 0 N–H and O–H groups in total. The Morgan fingerprint density at radius 3 is 2.53 bits per heavy atom. The first-order chi connectivity index (χ1) is 14.5. The topological polar surface area (TPSA) is 101 Å². The van der Waals surface area contributed by atoms with Gasteiger partial charge in [0.05, 0.1) is 18.1 Å². The van der Waals surface area contributed by atoms with E-state index in [0.717, 1.165) is 6.42 Å². The highest BCUT2D eigenvalue weighted by Crippen LogP contribution is 2.25. The van der Waals surface area contributed by atoms with Crippen molar-refractivity contribution in [2.24, 2.45) is 0 Å². The standard InChI is InChI=1S/C22H18O8/c1-26-21(24)13-4-6-14(7-5-13)29-19-12-28-18-11-15(8-9-16(18)20(19)23)30-22(25)17-3-2-10-27-17/h4-9,11-12,17H,2-3,10H2,1H3. The summed E-state index contributed by atoms with van der Waals surface area (Å²) in [6.45, 7) is 0.542. The van der Waals surface area contributed by atoms with Crippen molar-refractivity contribution in [3.05, 3.63) is 64.5 Å². The first kappa shape index (κ1) is 19.7. The zero-order chi connectivity index (χ0) is 21.1. The summed E-state index contributed by atoms with van der Waals surface area (Å²) in [6, 6.07) is 10.6. The lowest BCUT2D eigenvalue weighted by Gasteiger charge is -2.10. The first-order valence-corrected chi connectivity index (χ1v) is 9.30. The maximum atomic E-state index is 12.7. The Bertz CT molecular complexity index is 1140. The molecule has 0 radical (unpaired) electrons. The van der Waals surface area contributed by atoms with Crippen LogP contribution in [0, 0.1) is 0 Å². The molecule has 0 saturated carbocycles. The molecule has 1 aliphatic heterocycles. The van der Waals surface area contributed by atoms with Gasteiger partial charge < -0.3 is 23.4 Å². The second kappa shape index (κ2) is 8.38. The predicted octanol–water partition coefficient (Wildman–Crippen LogP) is 3.46. The first-order valence-electron chi connectivity index (χ1n) is 9.30. The zero-order valence-electron chi connectivity index (χ0n) is 16.1. The molecule has 3 aromatic rings. The molecular formula is C22H18O8. The maximum Gasteiger partial charge on any atom is 0.340 e. The number of fused-ring (bicyclic) bond motifs is 1. The molecule has 154 valence electrons. The van der Waals surface area contributed by atoms with E-state index in [4.69, 9.17) is 18.6 Å². The summed E-state index contributed by atoms with van der Waals surface area (Å²) in [5, 5.41) is 0.274. The van der Waals surface area contributed by atoms with Gasteiger partial charge in [0.25, 0.3) is 0 Å². The summed E-state index contributed by atoms with van der Waals surface area (Å²) in [6.07, 6.45) is 2.07. The minimum Gasteiger partial charge on any atom is -0.465 e. The van der Waals surface area contributed by atoms with Gasteiger partial charge in [-0.1, -0.05) is 0 Å². The summed E-state index contributed by atoms with van der Waals surface area (Å²) in [5.41, 5.74) is 0.233. The fraction of sp³-hybridized carbons (Fsp3) is 0.227. The van der Waals surface area contributed by atoms with Crippen molar-refractivity contribution in [1.82, 2.24) is 0 Å². The minimum absolute atomic E-state index is 0.0163. The Kier molecular flexibility index (Phi) is 5.49. The lowest BCUT2D eigenvalue weighted by atomic mass is 10.2. The lowest BCUT2D eigenvalue weighted by molar-refractivity contribution is -0.144. The van der Waals surface area contributed by atoms with Crippen LogP contribution in [-0.4, -0.2) is 31.8 Å². The van der Waals surface area contributed by atoms with Crippen molar-refractivity contribution in [2.45, 2.75) is 18.9 Å². The van der Waals surface area contributed by atoms with Crippen LogP contribution in [0.2, 0.25) is 0 Å². The Labute approximate surface area is 170 Å². The van der Waals surface area contributed by atoms with E-state index in [0.29, 0.717) is 24.3 Å². The van der Waals surface area contributed by atoms with Gasteiger partial charge in [0.15, 0.2) is 6.10 Å². The number of benzene rings is 2. The summed E-state index contributed by atoms with van der Waals surface area (Å²) >= 11 is 0. The number of esters is 2. The number of methoxy groups -OCH3 is 1. The normalized spacial score (nSPS) is 15.7. The van der Waals surface area contributed by atoms with E-state index in [9.17, 15) is 14.4 Å². The molecule has 8 heteroatoms. The molecular weight excluding hydrogens is 392 g/mol. The second-order valence-corrected chi connectivity index (χ2v) is 6.63. The van der Waals surface area contributed by atoms with Crippen LogP contribution in [0.25, 0.3) is 11.0 Å². The van der Waals surface area contributed by atoms with E-state index in [-0.39, 0.29) is 27.9 Å². The van der Waals surface area contributed by atoms with Crippen LogP contribution in [0.3, 0.4) is 0 Å². The van der Waals surface area contributed by atoms with Crippen LogP contribution in [0.1, 0.15) is 23.2 Å². The average molecular weight is 410 g/mol. The number of carbonyl (C=O) groups excluding carboxylic acids is 2. The zero-order valence-corrected chi connectivity index (χ0v) is 16.1. The number of carbonyl (C=O) groups is 2. The third-order valence-electron chi connectivity index (χ3n) is 4.63. The number of hydrogen-bond donors (Lipinski definition) is 0. The Balaban J connectivity index is 1.53. The van der Waals surface area contributed by atoms with Crippen LogP contribution < -0.4 is 14.9 Å². The van der Waals surface area contributed by atoms with Crippen molar-refractivity contribution >= 4 is 22.9 Å². The molecule has 1 atom stereocenters. The van der Waals surface area contributed by atoms with Crippen molar-refractivity contribution in [3.8, 4) is 17.2 Å². The molecule has 4 rings (SSSR count). The van der Waals surface area contributed by atoms with Crippen molar-refractivity contribution in [1.29, 1.82) is 0 Å². The van der Waals surface area contributed by atoms with E-state index in [1.165, 1.54) is 43.7 Å². The molecule has 2 aromatic carbocycles. The van der Waals surface area contributed by atoms with Gasteiger partial charge in [-0.05, 0) is 49.2 Å². The van der Waals surface area contributed by atoms with Crippen LogP contribution in [-0.2, 0) is 14.3 Å². The molecule has 0 bridgehead atoms. The van der Waals surface area contributed by atoms with Gasteiger partial charge in [-0.3, -0.25) is 4.79 Å². The summed E-state index contributed by atoms with van der Waals surface area (Å²) in [4.78, 5) is 36.3. The van der Waals surface area contributed by atoms with Gasteiger partial charge in [0, 0.05) is 12.7 Å². The molecule has 2 heterocycles. The van der Waals surface area contributed by atoms with Crippen LogP contribution in [0.15, 0.2) is 57.9 Å². The molecule has 30 heavy (non-hydrogen) atoms. The van der Waals surface area contributed by atoms with Crippen LogP contribution in [0.5, 0.6) is 17.2 Å². The monoisotopic (exact) mass is 410 g/mol. The van der Waals surface area contributed by atoms with Gasteiger partial charge in [-0.2, -0.15) is 0 Å². The highest BCUT2D eigenvalue weighted by atomic mass is 16.6. The maximum absolute atomic E-state index is 12.7. The van der Waals surface area contributed by atoms with Crippen molar-refractivity contribution < 1.29 is 33.0 Å². The van der Waals surface area contributed by atoms with E-state index >= 15 is 0 Å². The van der Waals surface area contributed by atoms with Crippen LogP contribution >= 0.6 is 0 Å². The van der Waals surface area contributed by atoms with Gasteiger partial charge in [0.2, 0.25) is 11.2 Å². The van der Waals surface area contributed by atoms with E-state index < -0.39 is 18.0 Å². The van der Waals surface area contributed by atoms with Gasteiger partial charge >= 0.3 is 11.9 Å². The third-order valence-corrected chi connectivity index (χ3v) is 4.63. The average Bonchev–Trinajstić information content (AvgIpc) is 3.31. The van der Waals surface area contributed by atoms with E-state index in [2.05, 4.69) is 4.74 Å². The predicted molar refractivity (Wildman–Crippen MR) is 105 cm³/mol. The minimum atomic E-state index is -0.561. The van der Waals surface area contributed by atoms with E-state index in [1.807, 2.05) is 0 Å². The van der Waals surface area contributed by atoms with E-state index in [1.54, 1.807) is 12.1 Å². The fourth-order valence-corrected chi connectivity index (χ4v) is 3.07. The molecule has 0 spiro atoms. The number of ether oxygens (including phenoxy) is 4. The molecule has 0 amide bonds.